The molecule has 1 amide bonds. The molecule has 0 unspecified atom stereocenters. The van der Waals surface area contributed by atoms with Gasteiger partial charge in [-0.25, -0.2) is 4.79 Å². The summed E-state index contributed by atoms with van der Waals surface area (Å²) in [5.74, 6) is 0.318. The number of ether oxygens (including phenoxy) is 1. The van der Waals surface area contributed by atoms with Crippen molar-refractivity contribution in [3.8, 4) is 5.75 Å². The van der Waals surface area contributed by atoms with Crippen molar-refractivity contribution in [1.29, 1.82) is 0 Å². The van der Waals surface area contributed by atoms with Gasteiger partial charge in [-0.05, 0) is 19.2 Å². The zero-order valence-corrected chi connectivity index (χ0v) is 10.4. The minimum absolute atomic E-state index is 0.318. The number of benzene rings is 1. The third kappa shape index (κ3) is 2.84. The predicted molar refractivity (Wildman–Crippen MR) is 70.8 cm³/mol. The number of piperazine rings is 1. The highest BCUT2D eigenvalue weighted by Crippen LogP contribution is 2.28. The molecule has 0 bridgehead atoms. The molecule has 18 heavy (non-hydrogen) atoms. The second kappa shape index (κ2) is 5.14. The molecule has 1 aromatic carbocycles. The molecule has 1 saturated heterocycles. The Kier molecular flexibility index (Phi) is 3.57. The Bertz CT molecular complexity index is 442. The lowest BCUT2D eigenvalue weighted by Gasteiger charge is -2.34. The van der Waals surface area contributed by atoms with Crippen LogP contribution in [0.2, 0.25) is 0 Å². The van der Waals surface area contributed by atoms with E-state index < -0.39 is 6.09 Å². The Morgan fingerprint density at radius 2 is 1.94 bits per heavy atom. The molecule has 1 heterocycles. The summed E-state index contributed by atoms with van der Waals surface area (Å²) in [6, 6.07) is 5.41. The molecule has 0 saturated carbocycles. The number of likely N-dealkylation sites (N-methyl/N-ethyl adjacent to an activating group) is 1. The van der Waals surface area contributed by atoms with Crippen LogP contribution in [0.15, 0.2) is 18.2 Å². The fourth-order valence-electron chi connectivity index (χ4n) is 1.98. The maximum Gasteiger partial charge on any atom is 0.410 e. The average Bonchev–Trinajstić information content (AvgIpc) is 2.32. The van der Waals surface area contributed by atoms with Crippen LogP contribution in [0.25, 0.3) is 0 Å². The Morgan fingerprint density at radius 3 is 2.56 bits per heavy atom. The first-order valence-corrected chi connectivity index (χ1v) is 5.86. The van der Waals surface area contributed by atoms with Gasteiger partial charge in [0.2, 0.25) is 0 Å². The summed E-state index contributed by atoms with van der Waals surface area (Å²) >= 11 is 0. The van der Waals surface area contributed by atoms with E-state index in [0.29, 0.717) is 11.4 Å². The molecule has 4 N–H and O–H groups in total. The smallest absolute Gasteiger partial charge is 0.408 e. The minimum atomic E-state index is -0.850. The lowest BCUT2D eigenvalue weighted by Crippen LogP contribution is -2.44. The van der Waals surface area contributed by atoms with Crippen molar-refractivity contribution < 1.29 is 9.53 Å². The molecule has 0 aromatic heterocycles. The van der Waals surface area contributed by atoms with Crippen molar-refractivity contribution in [3.05, 3.63) is 18.2 Å². The summed E-state index contributed by atoms with van der Waals surface area (Å²) in [6.45, 7) is 3.90. The van der Waals surface area contributed by atoms with Crippen molar-refractivity contribution in [2.75, 3.05) is 43.9 Å². The van der Waals surface area contributed by atoms with Crippen molar-refractivity contribution in [3.63, 3.8) is 0 Å². The van der Waals surface area contributed by atoms with Gasteiger partial charge in [0.15, 0.2) is 5.75 Å². The van der Waals surface area contributed by atoms with Crippen LogP contribution < -0.4 is 21.1 Å². The van der Waals surface area contributed by atoms with Crippen molar-refractivity contribution in [2.24, 2.45) is 5.73 Å². The summed E-state index contributed by atoms with van der Waals surface area (Å²) in [5.41, 5.74) is 12.1. The number of nitrogen functional groups attached to an aromatic ring is 1. The van der Waals surface area contributed by atoms with E-state index in [1.54, 1.807) is 12.1 Å². The summed E-state index contributed by atoms with van der Waals surface area (Å²) in [5, 5.41) is 0. The highest BCUT2D eigenvalue weighted by atomic mass is 16.5. The topological polar surface area (TPSA) is 84.8 Å². The molecule has 1 aromatic rings. The van der Waals surface area contributed by atoms with Crippen LogP contribution in [0.1, 0.15) is 0 Å². The number of rotatable bonds is 2. The highest BCUT2D eigenvalue weighted by molar-refractivity contribution is 5.73. The number of nitrogens with zero attached hydrogens (tertiary/aromatic N) is 2. The van der Waals surface area contributed by atoms with Crippen LogP contribution in [0.5, 0.6) is 5.75 Å². The number of carbonyl (C=O) groups is 1. The second-order valence-electron chi connectivity index (χ2n) is 4.43. The monoisotopic (exact) mass is 250 g/mol. The Labute approximate surface area is 106 Å². The minimum Gasteiger partial charge on any atom is -0.408 e. The highest BCUT2D eigenvalue weighted by Gasteiger charge is 2.15. The molecule has 2 rings (SSSR count). The van der Waals surface area contributed by atoms with Gasteiger partial charge in [0.25, 0.3) is 0 Å². The standard InChI is InChI=1S/C12H18N4O2/c1-15-4-6-16(7-5-15)9-2-3-10(13)11(8-9)18-12(14)17/h2-3,8H,4-7,13H2,1H3,(H2,14,17). The first kappa shape index (κ1) is 12.5. The van der Waals surface area contributed by atoms with E-state index in [0.717, 1.165) is 31.9 Å². The lowest BCUT2D eigenvalue weighted by molar-refractivity contribution is 0.211. The zero-order valence-electron chi connectivity index (χ0n) is 10.4. The third-order valence-electron chi connectivity index (χ3n) is 3.08. The molecule has 6 nitrogen and oxygen atoms in total. The van der Waals surface area contributed by atoms with Gasteiger partial charge < -0.3 is 26.0 Å². The van der Waals surface area contributed by atoms with E-state index >= 15 is 0 Å². The van der Waals surface area contributed by atoms with E-state index in [1.165, 1.54) is 0 Å². The summed E-state index contributed by atoms with van der Waals surface area (Å²) in [6.07, 6.45) is -0.850. The first-order chi connectivity index (χ1) is 8.56. The fraction of sp³-hybridized carbons (Fsp3) is 0.417. The largest absolute Gasteiger partial charge is 0.410 e. The number of carbonyl (C=O) groups excluding carboxylic acids is 1. The van der Waals surface area contributed by atoms with E-state index in [9.17, 15) is 4.79 Å². The van der Waals surface area contributed by atoms with Crippen LogP contribution in [0.3, 0.4) is 0 Å². The van der Waals surface area contributed by atoms with Gasteiger partial charge in [-0.3, -0.25) is 0 Å². The number of anilines is 2. The fourth-order valence-corrected chi connectivity index (χ4v) is 1.98. The van der Waals surface area contributed by atoms with Crippen LogP contribution in [0, 0.1) is 0 Å². The Morgan fingerprint density at radius 1 is 1.28 bits per heavy atom. The van der Waals surface area contributed by atoms with Gasteiger partial charge in [0.1, 0.15) is 0 Å². The molecule has 0 aliphatic carbocycles. The molecule has 0 radical (unpaired) electrons. The van der Waals surface area contributed by atoms with Crippen LogP contribution in [0.4, 0.5) is 16.2 Å². The van der Waals surface area contributed by atoms with E-state index in [2.05, 4.69) is 16.8 Å². The molecule has 1 aliphatic heterocycles. The molecule has 1 fully saturated rings. The van der Waals surface area contributed by atoms with Gasteiger partial charge in [0.05, 0.1) is 5.69 Å². The Balaban J connectivity index is 2.16. The predicted octanol–water partition coefficient (Wildman–Crippen LogP) is 0.478. The summed E-state index contributed by atoms with van der Waals surface area (Å²) in [4.78, 5) is 15.3. The van der Waals surface area contributed by atoms with Gasteiger partial charge in [0, 0.05) is 37.9 Å². The molecular weight excluding hydrogens is 232 g/mol. The number of primary amides is 1. The van der Waals surface area contributed by atoms with Crippen molar-refractivity contribution in [2.45, 2.75) is 0 Å². The van der Waals surface area contributed by atoms with E-state index in [1.807, 2.05) is 6.07 Å². The first-order valence-electron chi connectivity index (χ1n) is 5.86. The van der Waals surface area contributed by atoms with Crippen LogP contribution >= 0.6 is 0 Å². The molecule has 0 atom stereocenters. The maximum atomic E-state index is 10.8. The number of hydrogen-bond acceptors (Lipinski definition) is 5. The van der Waals surface area contributed by atoms with E-state index in [-0.39, 0.29) is 0 Å². The van der Waals surface area contributed by atoms with Crippen LogP contribution in [-0.4, -0.2) is 44.2 Å². The zero-order chi connectivity index (χ0) is 13.1. The van der Waals surface area contributed by atoms with Gasteiger partial charge in [-0.15, -0.1) is 0 Å². The molecule has 0 spiro atoms. The van der Waals surface area contributed by atoms with Gasteiger partial charge in [-0.2, -0.15) is 0 Å². The number of amides is 1. The number of nitrogens with two attached hydrogens (primary N) is 2. The van der Waals surface area contributed by atoms with Crippen molar-refractivity contribution in [1.82, 2.24) is 4.90 Å². The normalized spacial score (nSPS) is 16.6. The second-order valence-corrected chi connectivity index (χ2v) is 4.43. The SMILES string of the molecule is CN1CCN(c2ccc(N)c(OC(N)=O)c2)CC1. The van der Waals surface area contributed by atoms with Gasteiger partial charge >= 0.3 is 6.09 Å². The summed E-state index contributed by atoms with van der Waals surface area (Å²) < 4.78 is 4.87. The lowest BCUT2D eigenvalue weighted by atomic mass is 10.2. The van der Waals surface area contributed by atoms with E-state index in [4.69, 9.17) is 16.2 Å². The quantitative estimate of drug-likeness (QED) is 0.746. The van der Waals surface area contributed by atoms with Crippen molar-refractivity contribution >= 4 is 17.5 Å². The van der Waals surface area contributed by atoms with Crippen LogP contribution in [-0.2, 0) is 0 Å². The Hall–Kier alpha value is -1.95. The van der Waals surface area contributed by atoms with Gasteiger partial charge in [-0.1, -0.05) is 0 Å². The average molecular weight is 250 g/mol. The molecular formula is C12H18N4O2. The molecule has 6 heteroatoms. The molecule has 1 aliphatic rings. The summed E-state index contributed by atoms with van der Waals surface area (Å²) in [7, 11) is 2.10. The maximum absolute atomic E-state index is 10.8. The number of hydrogen-bond donors (Lipinski definition) is 2. The molecule has 98 valence electrons. The third-order valence-corrected chi connectivity index (χ3v) is 3.08.